The Kier molecular flexibility index (Phi) is 4.26. The molecule has 16 heavy (non-hydrogen) atoms. The second kappa shape index (κ2) is 5.27. The van der Waals surface area contributed by atoms with E-state index in [2.05, 4.69) is 20.7 Å². The Morgan fingerprint density at radius 1 is 1.50 bits per heavy atom. The first-order chi connectivity index (χ1) is 7.52. The maximum absolute atomic E-state index is 13.3. The van der Waals surface area contributed by atoms with Crippen LogP contribution in [0.25, 0.3) is 0 Å². The number of benzene rings is 1. The zero-order valence-electron chi connectivity index (χ0n) is 8.66. The number of aliphatic hydroxyl groups excluding tert-OH is 1. The van der Waals surface area contributed by atoms with Crippen molar-refractivity contribution < 1.29 is 23.8 Å². The molecule has 0 aromatic heterocycles. The zero-order chi connectivity index (χ0) is 12.3. The van der Waals surface area contributed by atoms with E-state index in [0.29, 0.717) is 4.47 Å². The molecule has 1 atom stereocenters. The van der Waals surface area contributed by atoms with Gasteiger partial charge in [0.15, 0.2) is 17.7 Å². The number of hydrogen-bond acceptors (Lipinski definition) is 4. The van der Waals surface area contributed by atoms with Crippen molar-refractivity contribution in [3.05, 3.63) is 28.0 Å². The van der Waals surface area contributed by atoms with Crippen LogP contribution in [-0.4, -0.2) is 25.3 Å². The lowest BCUT2D eigenvalue weighted by molar-refractivity contribution is -0.150. The minimum atomic E-state index is -1.59. The Morgan fingerprint density at radius 3 is 2.62 bits per heavy atom. The van der Waals surface area contributed by atoms with Crippen LogP contribution in [0.1, 0.15) is 11.7 Å². The normalized spacial score (nSPS) is 12.1. The number of hydrogen-bond donors (Lipinski definition) is 1. The van der Waals surface area contributed by atoms with E-state index in [1.165, 1.54) is 13.2 Å². The topological polar surface area (TPSA) is 55.8 Å². The number of rotatable bonds is 3. The summed E-state index contributed by atoms with van der Waals surface area (Å²) in [6.45, 7) is 0. The summed E-state index contributed by atoms with van der Waals surface area (Å²) in [5, 5.41) is 9.66. The lowest BCUT2D eigenvalue weighted by atomic mass is 10.1. The summed E-state index contributed by atoms with van der Waals surface area (Å²) in [5.74, 6) is -1.74. The monoisotopic (exact) mass is 292 g/mol. The molecule has 0 bridgehead atoms. The predicted molar refractivity (Wildman–Crippen MR) is 57.6 cm³/mol. The number of carbonyl (C=O) groups excluding carboxylic acids is 1. The van der Waals surface area contributed by atoms with Gasteiger partial charge in [-0.05, 0) is 12.1 Å². The van der Waals surface area contributed by atoms with Crippen molar-refractivity contribution in [1.29, 1.82) is 0 Å². The summed E-state index contributed by atoms with van der Waals surface area (Å²) in [6.07, 6.45) is -1.59. The van der Waals surface area contributed by atoms with Crippen LogP contribution in [0, 0.1) is 5.82 Å². The molecule has 1 rings (SSSR count). The molecule has 0 radical (unpaired) electrons. The van der Waals surface area contributed by atoms with Crippen molar-refractivity contribution in [3.63, 3.8) is 0 Å². The summed E-state index contributed by atoms with van der Waals surface area (Å²) in [6, 6.07) is 2.54. The minimum Gasteiger partial charge on any atom is -0.493 e. The molecule has 0 aliphatic heterocycles. The second-order valence-electron chi connectivity index (χ2n) is 2.90. The van der Waals surface area contributed by atoms with Crippen LogP contribution < -0.4 is 4.74 Å². The van der Waals surface area contributed by atoms with Gasteiger partial charge in [0.1, 0.15) is 0 Å². The maximum Gasteiger partial charge on any atom is 0.339 e. The Bertz CT molecular complexity index is 408. The molecule has 0 spiro atoms. The van der Waals surface area contributed by atoms with E-state index in [9.17, 15) is 14.3 Å². The van der Waals surface area contributed by atoms with E-state index < -0.39 is 17.9 Å². The van der Waals surface area contributed by atoms with Crippen molar-refractivity contribution in [2.45, 2.75) is 6.10 Å². The summed E-state index contributed by atoms with van der Waals surface area (Å²) in [4.78, 5) is 11.2. The van der Waals surface area contributed by atoms with E-state index in [1.807, 2.05) is 0 Å². The van der Waals surface area contributed by atoms with E-state index in [4.69, 9.17) is 4.74 Å². The van der Waals surface area contributed by atoms with E-state index >= 15 is 0 Å². The molecular formula is C10H10BrFO4. The number of methoxy groups -OCH3 is 2. The number of esters is 1. The van der Waals surface area contributed by atoms with Gasteiger partial charge in [0.25, 0.3) is 0 Å². The third-order valence-electron chi connectivity index (χ3n) is 2.00. The quantitative estimate of drug-likeness (QED) is 0.863. The molecular weight excluding hydrogens is 283 g/mol. The lowest BCUT2D eigenvalue weighted by Gasteiger charge is -2.15. The number of halogens is 2. The molecule has 0 saturated heterocycles. The Morgan fingerprint density at radius 2 is 2.12 bits per heavy atom. The van der Waals surface area contributed by atoms with Crippen molar-refractivity contribution >= 4 is 21.9 Å². The molecule has 0 aliphatic carbocycles. The Balaban J connectivity index is 3.30. The smallest absolute Gasteiger partial charge is 0.339 e. The summed E-state index contributed by atoms with van der Waals surface area (Å²) in [5.41, 5.74) is 0.00866. The van der Waals surface area contributed by atoms with Gasteiger partial charge in [-0.2, -0.15) is 0 Å². The van der Waals surface area contributed by atoms with Crippen LogP contribution >= 0.6 is 15.9 Å². The van der Waals surface area contributed by atoms with Gasteiger partial charge in [0, 0.05) is 4.47 Å². The second-order valence-corrected chi connectivity index (χ2v) is 3.76. The van der Waals surface area contributed by atoms with Gasteiger partial charge in [0.05, 0.1) is 19.8 Å². The van der Waals surface area contributed by atoms with Gasteiger partial charge in [-0.15, -0.1) is 0 Å². The van der Waals surface area contributed by atoms with Crippen LogP contribution in [-0.2, 0) is 9.53 Å². The minimum absolute atomic E-state index is 0.00866. The molecule has 1 unspecified atom stereocenters. The molecule has 0 aliphatic rings. The van der Waals surface area contributed by atoms with Gasteiger partial charge in [-0.25, -0.2) is 9.18 Å². The van der Waals surface area contributed by atoms with Crippen molar-refractivity contribution in [2.75, 3.05) is 14.2 Å². The fourth-order valence-corrected chi connectivity index (χ4v) is 1.77. The summed E-state index contributed by atoms with van der Waals surface area (Å²) in [7, 11) is 2.38. The molecule has 0 fully saturated rings. The average Bonchev–Trinajstić information content (AvgIpc) is 2.29. The molecule has 4 nitrogen and oxygen atoms in total. The molecule has 1 N–H and O–H groups in total. The standard InChI is InChI=1S/C10H10BrFO4/c1-15-9-6(12)4-3-5(11)7(9)8(13)10(14)16-2/h3-4,8,13H,1-2H3. The first kappa shape index (κ1) is 12.9. The fourth-order valence-electron chi connectivity index (χ4n) is 1.24. The highest BCUT2D eigenvalue weighted by atomic mass is 79.9. The Labute approximate surface area is 100 Å². The third-order valence-corrected chi connectivity index (χ3v) is 2.69. The van der Waals surface area contributed by atoms with Gasteiger partial charge >= 0.3 is 5.97 Å². The third kappa shape index (κ3) is 2.33. The van der Waals surface area contributed by atoms with Crippen LogP contribution in [0.3, 0.4) is 0 Å². The van der Waals surface area contributed by atoms with Crippen LogP contribution in [0.15, 0.2) is 16.6 Å². The van der Waals surface area contributed by atoms with Crippen molar-refractivity contribution in [3.8, 4) is 5.75 Å². The summed E-state index contributed by atoms with van der Waals surface area (Å²) >= 11 is 3.11. The predicted octanol–water partition coefficient (Wildman–Crippen LogP) is 1.80. The van der Waals surface area contributed by atoms with Gasteiger partial charge < -0.3 is 14.6 Å². The molecule has 88 valence electrons. The highest BCUT2D eigenvalue weighted by Crippen LogP contribution is 2.35. The van der Waals surface area contributed by atoms with E-state index in [1.54, 1.807) is 0 Å². The highest BCUT2D eigenvalue weighted by molar-refractivity contribution is 9.10. The highest BCUT2D eigenvalue weighted by Gasteiger charge is 2.26. The lowest BCUT2D eigenvalue weighted by Crippen LogP contribution is -2.15. The van der Waals surface area contributed by atoms with Crippen LogP contribution in [0.5, 0.6) is 5.75 Å². The van der Waals surface area contributed by atoms with Crippen LogP contribution in [0.2, 0.25) is 0 Å². The fraction of sp³-hybridized carbons (Fsp3) is 0.300. The zero-order valence-corrected chi connectivity index (χ0v) is 10.2. The first-order valence-corrected chi connectivity index (χ1v) is 5.10. The van der Waals surface area contributed by atoms with E-state index in [0.717, 1.165) is 13.2 Å². The van der Waals surface area contributed by atoms with Crippen molar-refractivity contribution in [1.82, 2.24) is 0 Å². The van der Waals surface area contributed by atoms with Crippen molar-refractivity contribution in [2.24, 2.45) is 0 Å². The SMILES string of the molecule is COC(=O)C(O)c1c(Br)ccc(F)c1OC. The molecule has 1 aromatic rings. The van der Waals surface area contributed by atoms with Gasteiger partial charge in [-0.3, -0.25) is 0 Å². The Hall–Kier alpha value is -1.14. The molecule has 0 saturated carbocycles. The van der Waals surface area contributed by atoms with Gasteiger partial charge in [-0.1, -0.05) is 15.9 Å². The molecule has 1 aromatic carbocycles. The van der Waals surface area contributed by atoms with Crippen LogP contribution in [0.4, 0.5) is 4.39 Å². The number of ether oxygens (including phenoxy) is 2. The summed E-state index contributed by atoms with van der Waals surface area (Å²) < 4.78 is 22.9. The first-order valence-electron chi connectivity index (χ1n) is 4.30. The number of aliphatic hydroxyl groups is 1. The number of carbonyl (C=O) groups is 1. The maximum atomic E-state index is 13.3. The largest absolute Gasteiger partial charge is 0.493 e. The average molecular weight is 293 g/mol. The molecule has 0 amide bonds. The molecule has 6 heteroatoms. The molecule has 0 heterocycles. The van der Waals surface area contributed by atoms with Gasteiger partial charge in [0.2, 0.25) is 0 Å². The van der Waals surface area contributed by atoms with E-state index in [-0.39, 0.29) is 11.3 Å².